The third-order valence-electron chi connectivity index (χ3n) is 9.62. The molecule has 2 heterocycles. The summed E-state index contributed by atoms with van der Waals surface area (Å²) in [5.41, 5.74) is -0.432. The summed E-state index contributed by atoms with van der Waals surface area (Å²) in [4.78, 5) is 27.4. The third-order valence-corrected chi connectivity index (χ3v) is 10.1. The van der Waals surface area contributed by atoms with Crippen molar-refractivity contribution in [2.45, 2.75) is 45.3 Å². The Kier molecular flexibility index (Phi) is 14.3. The molecule has 8 aromatic rings. The van der Waals surface area contributed by atoms with Crippen LogP contribution in [-0.4, -0.2) is 53.6 Å². The van der Waals surface area contributed by atoms with Gasteiger partial charge in [0, 0.05) is 21.2 Å². The van der Waals surface area contributed by atoms with Crippen molar-refractivity contribution in [1.82, 2.24) is 30.0 Å². The van der Waals surface area contributed by atoms with Gasteiger partial charge in [-0.3, -0.25) is 0 Å². The predicted octanol–water partition coefficient (Wildman–Crippen LogP) is 11.9. The van der Waals surface area contributed by atoms with Crippen LogP contribution in [0.2, 0.25) is 10.0 Å². The van der Waals surface area contributed by atoms with Gasteiger partial charge in [0.1, 0.15) is 44.9 Å². The number of carbonyl (C=O) groups is 2. The van der Waals surface area contributed by atoms with Crippen LogP contribution < -0.4 is 9.47 Å². The maximum absolute atomic E-state index is 13.0. The quantitative estimate of drug-likeness (QED) is 0.0983. The van der Waals surface area contributed by atoms with Crippen LogP contribution in [0.3, 0.4) is 0 Å². The van der Waals surface area contributed by atoms with Gasteiger partial charge >= 0.3 is 24.3 Å². The van der Waals surface area contributed by atoms with Gasteiger partial charge < -0.3 is 19.3 Å². The highest BCUT2D eigenvalue weighted by atomic mass is 35.5. The Bertz CT molecular complexity index is 2930. The number of hydrogen-bond donors (Lipinski definition) is 1. The van der Waals surface area contributed by atoms with Gasteiger partial charge in [-0.25, -0.2) is 9.59 Å². The maximum Gasteiger partial charge on any atom is 0.416 e. The number of halogens is 8. The van der Waals surface area contributed by atoms with Gasteiger partial charge in [0.25, 0.3) is 0 Å². The molecule has 6 aromatic carbocycles. The largest absolute Gasteiger partial charge is 0.478 e. The molecule has 2 unspecified atom stereocenters. The lowest BCUT2D eigenvalue weighted by Crippen LogP contribution is -2.39. The minimum atomic E-state index is -4.55. The Morgan fingerprint density at radius 3 is 1.42 bits per heavy atom. The molecular weight excluding hydrogens is 917 g/mol. The van der Waals surface area contributed by atoms with E-state index >= 15 is 0 Å². The molecule has 66 heavy (non-hydrogen) atoms. The number of esters is 1. The average molecular weight is 954 g/mol. The number of benzene rings is 6. The molecule has 2 atom stereocenters. The van der Waals surface area contributed by atoms with Crippen molar-refractivity contribution in [3.63, 3.8) is 0 Å². The van der Waals surface area contributed by atoms with Crippen molar-refractivity contribution in [2.24, 2.45) is 0 Å². The first-order valence-electron chi connectivity index (χ1n) is 19.2. The molecule has 0 aliphatic rings. The molecule has 20 heteroatoms. The van der Waals surface area contributed by atoms with Crippen LogP contribution in [0.15, 0.2) is 133 Å². The Hall–Kier alpha value is -7.18. The number of aromatic nitrogens is 6. The predicted molar refractivity (Wildman–Crippen MR) is 233 cm³/mol. The van der Waals surface area contributed by atoms with E-state index in [0.29, 0.717) is 37.8 Å². The fourth-order valence-electron chi connectivity index (χ4n) is 6.28. The summed E-state index contributed by atoms with van der Waals surface area (Å²) < 4.78 is 94.5. The lowest BCUT2D eigenvalue weighted by Gasteiger charge is -2.28. The van der Waals surface area contributed by atoms with Crippen molar-refractivity contribution >= 4 is 57.2 Å². The molecule has 0 bridgehead atoms. The van der Waals surface area contributed by atoms with E-state index < -0.39 is 47.1 Å². The highest BCUT2D eigenvalue weighted by Gasteiger charge is 2.40. The lowest BCUT2D eigenvalue weighted by atomic mass is 9.94. The van der Waals surface area contributed by atoms with E-state index in [1.54, 1.807) is 55.5 Å². The van der Waals surface area contributed by atoms with Crippen LogP contribution in [0.4, 0.5) is 26.3 Å². The van der Waals surface area contributed by atoms with E-state index in [2.05, 4.69) is 20.4 Å². The fraction of sp³-hybridized carbons (Fsp3) is 0.174. The smallest absolute Gasteiger partial charge is 0.416 e. The van der Waals surface area contributed by atoms with Gasteiger partial charge in [-0.05, 0) is 98.8 Å². The van der Waals surface area contributed by atoms with Gasteiger partial charge in [-0.2, -0.15) is 26.3 Å². The topological polar surface area (TPSA) is 143 Å². The molecular formula is C46H36Cl2F6N6O6. The summed E-state index contributed by atoms with van der Waals surface area (Å²) in [6, 6.07) is 31.3. The van der Waals surface area contributed by atoms with Crippen molar-refractivity contribution in [3.05, 3.63) is 166 Å². The summed E-state index contributed by atoms with van der Waals surface area (Å²) in [6.45, 7) is 2.94. The van der Waals surface area contributed by atoms with Crippen molar-refractivity contribution < 1.29 is 55.2 Å². The average Bonchev–Trinajstić information content (AvgIpc) is 3.91. The normalized spacial score (nSPS) is 12.9. The molecule has 8 rings (SSSR count). The zero-order valence-corrected chi connectivity index (χ0v) is 35.2. The minimum absolute atomic E-state index is 0. The number of alkyl halides is 6. The van der Waals surface area contributed by atoms with Crippen LogP contribution in [0, 0.1) is 0 Å². The van der Waals surface area contributed by atoms with Crippen molar-refractivity contribution in [1.29, 1.82) is 0 Å². The maximum atomic E-state index is 13.0. The first-order chi connectivity index (χ1) is 30.8. The Balaban J connectivity index is 0.000000215. The van der Waals surface area contributed by atoms with Crippen LogP contribution >= 0.6 is 23.2 Å². The Labute approximate surface area is 381 Å². The number of aliphatic carboxylic acids is 1. The van der Waals surface area contributed by atoms with E-state index in [0.717, 1.165) is 36.4 Å². The molecule has 1 N–H and O–H groups in total. The Morgan fingerprint density at radius 1 is 0.621 bits per heavy atom. The molecule has 0 aliphatic heterocycles. The number of hydrogen-bond acceptors (Lipinski definition) is 9. The van der Waals surface area contributed by atoms with E-state index in [1.165, 1.54) is 52.9 Å². The molecule has 0 saturated carbocycles. The molecule has 0 spiro atoms. The highest BCUT2D eigenvalue weighted by Crippen LogP contribution is 2.37. The van der Waals surface area contributed by atoms with Gasteiger partial charge in [-0.15, -0.1) is 30.0 Å². The molecule has 2 aromatic heterocycles. The fourth-order valence-corrected chi connectivity index (χ4v) is 6.61. The summed E-state index contributed by atoms with van der Waals surface area (Å²) >= 11 is 12.3. The van der Waals surface area contributed by atoms with Crippen LogP contribution in [-0.2, 0) is 32.3 Å². The number of nitrogens with zero attached hydrogens (tertiary/aromatic N) is 6. The van der Waals surface area contributed by atoms with Gasteiger partial charge in [-0.1, -0.05) is 79.2 Å². The number of rotatable bonds is 11. The third kappa shape index (κ3) is 10.7. The van der Waals surface area contributed by atoms with Crippen molar-refractivity contribution in [2.75, 3.05) is 6.61 Å². The molecule has 0 saturated heterocycles. The molecule has 0 radical (unpaired) electrons. The lowest BCUT2D eigenvalue weighted by molar-refractivity contribution is -0.154. The zero-order chi connectivity index (χ0) is 46.7. The van der Waals surface area contributed by atoms with E-state index in [-0.39, 0.29) is 42.3 Å². The molecule has 0 fully saturated rings. The summed E-state index contributed by atoms with van der Waals surface area (Å²) in [5, 5.41) is 28.2. The van der Waals surface area contributed by atoms with Gasteiger partial charge in [0.15, 0.2) is 0 Å². The van der Waals surface area contributed by atoms with E-state index in [1.807, 2.05) is 12.1 Å². The van der Waals surface area contributed by atoms with E-state index in [9.17, 15) is 41.0 Å². The SMILES string of the molecule is C.CC(Oc1ccc(Cl)cc1-n1nc2ccccc2n1)(C(=O)O)c1ccc(C(F)(F)F)cc1.CCOC(=O)C(Oc1ccc(Cl)cc1-n1nc2ccccc2n1)c1ccc(C(F)(F)F)cc1. The van der Waals surface area contributed by atoms with Gasteiger partial charge in [0.2, 0.25) is 11.7 Å². The number of carboxylic acids is 1. The molecule has 0 aliphatic carbocycles. The number of ether oxygens (including phenoxy) is 3. The monoisotopic (exact) mass is 952 g/mol. The van der Waals surface area contributed by atoms with E-state index in [4.69, 9.17) is 37.4 Å². The number of fused-ring (bicyclic) bond motifs is 2. The van der Waals surface area contributed by atoms with Crippen molar-refractivity contribution in [3.8, 4) is 22.9 Å². The minimum Gasteiger partial charge on any atom is -0.478 e. The molecule has 342 valence electrons. The summed E-state index contributed by atoms with van der Waals surface area (Å²) in [5.74, 6) is -1.87. The first-order valence-corrected chi connectivity index (χ1v) is 19.9. The van der Waals surface area contributed by atoms with Crippen LogP contribution in [0.25, 0.3) is 33.4 Å². The second-order valence-corrected chi connectivity index (χ2v) is 14.9. The van der Waals surface area contributed by atoms with Crippen LogP contribution in [0.5, 0.6) is 11.5 Å². The highest BCUT2D eigenvalue weighted by molar-refractivity contribution is 6.31. The molecule has 0 amide bonds. The second kappa shape index (κ2) is 19.5. The number of carboxylic acid groups (broad SMARTS) is 1. The summed E-state index contributed by atoms with van der Waals surface area (Å²) in [6.07, 6.45) is -10.4. The first kappa shape index (κ1) is 48.3. The summed E-state index contributed by atoms with van der Waals surface area (Å²) in [7, 11) is 0. The Morgan fingerprint density at radius 2 is 1.02 bits per heavy atom. The zero-order valence-electron chi connectivity index (χ0n) is 33.7. The standard InChI is InChI=1S/C23H17ClF3N3O3.C22H15ClF3N3O3.CH4/c1-2-32-22(31)21(14-7-9-15(10-8-14)23(25,26)27)33-20-12-11-16(24)13-19(20)30-28-17-5-3-4-6-18(17)29-30;1-21(20(30)31,13-6-8-14(9-7-13)22(24,25)26)32-19-11-10-15(23)12-18(19)29-27-16-4-2-3-5-17(16)28-29;/h3-13,21H,2H2,1H3;2-12H,1H3,(H,30,31);1H4. The molecule has 12 nitrogen and oxygen atoms in total. The van der Waals surface area contributed by atoms with Crippen LogP contribution in [0.1, 0.15) is 49.6 Å². The number of carbonyl (C=O) groups excluding carboxylic acids is 1. The second-order valence-electron chi connectivity index (χ2n) is 14.1. The van der Waals surface area contributed by atoms with Gasteiger partial charge in [0.05, 0.1) is 17.7 Å².